The first-order valence-electron chi connectivity index (χ1n) is 6.71. The van der Waals surface area contributed by atoms with Crippen LogP contribution in [0.1, 0.15) is 36.6 Å². The van der Waals surface area contributed by atoms with Crippen LogP contribution in [-0.2, 0) is 9.59 Å². The minimum atomic E-state index is -0.768. The Morgan fingerprint density at radius 1 is 1.45 bits per heavy atom. The minimum absolute atomic E-state index is 0.108. The van der Waals surface area contributed by atoms with Crippen LogP contribution in [-0.4, -0.2) is 23.5 Å². The summed E-state index contributed by atoms with van der Waals surface area (Å²) < 4.78 is 0. The molecule has 0 aliphatic heterocycles. The van der Waals surface area contributed by atoms with Crippen LogP contribution < -0.4 is 5.32 Å². The fourth-order valence-corrected chi connectivity index (χ4v) is 2.54. The second-order valence-electron chi connectivity index (χ2n) is 4.92. The monoisotopic (exact) mass is 295 g/mol. The number of carboxylic acids is 1. The van der Waals surface area contributed by atoms with Gasteiger partial charge in [0.25, 0.3) is 0 Å². The third-order valence-corrected chi connectivity index (χ3v) is 4.06. The molecular formula is C15H21NO3S. The van der Waals surface area contributed by atoms with Gasteiger partial charge in [-0.2, -0.15) is 0 Å². The van der Waals surface area contributed by atoms with Crippen molar-refractivity contribution in [3.05, 3.63) is 28.0 Å². The Morgan fingerprint density at radius 3 is 2.80 bits per heavy atom. The summed E-state index contributed by atoms with van der Waals surface area (Å²) in [5, 5.41) is 13.4. The molecule has 0 spiro atoms. The smallest absolute Gasteiger partial charge is 0.303 e. The number of carbonyl (C=O) groups excluding carboxylic acids is 1. The molecule has 20 heavy (non-hydrogen) atoms. The van der Waals surface area contributed by atoms with Crippen LogP contribution in [0.15, 0.2) is 17.5 Å². The number of amides is 1. The molecule has 110 valence electrons. The zero-order chi connectivity index (χ0) is 15.0. The SMILES string of the molecule is Cc1ccsc1C=CC(=O)NCCC(C)CCC(=O)O. The first-order valence-corrected chi connectivity index (χ1v) is 7.58. The van der Waals surface area contributed by atoms with Crippen molar-refractivity contribution in [2.45, 2.75) is 33.1 Å². The Morgan fingerprint density at radius 2 is 2.20 bits per heavy atom. The average Bonchev–Trinajstić information content (AvgIpc) is 2.79. The summed E-state index contributed by atoms with van der Waals surface area (Å²) in [6.07, 6.45) is 5.00. The fraction of sp³-hybridized carbons (Fsp3) is 0.467. The van der Waals surface area contributed by atoms with E-state index < -0.39 is 5.97 Å². The molecule has 1 amide bonds. The topological polar surface area (TPSA) is 66.4 Å². The number of thiophene rings is 1. The van der Waals surface area contributed by atoms with Crippen LogP contribution in [0, 0.1) is 12.8 Å². The number of nitrogens with one attached hydrogen (secondary N) is 1. The molecule has 0 fully saturated rings. The summed E-state index contributed by atoms with van der Waals surface area (Å²) in [6.45, 7) is 4.59. The first-order chi connectivity index (χ1) is 9.49. The van der Waals surface area contributed by atoms with Gasteiger partial charge in [-0.05, 0) is 48.8 Å². The minimum Gasteiger partial charge on any atom is -0.481 e. The molecule has 1 heterocycles. The van der Waals surface area contributed by atoms with Gasteiger partial charge in [0.05, 0.1) is 0 Å². The molecule has 1 rings (SSSR count). The zero-order valence-electron chi connectivity index (χ0n) is 11.9. The van der Waals surface area contributed by atoms with Crippen LogP contribution in [0.25, 0.3) is 6.08 Å². The lowest BCUT2D eigenvalue weighted by Crippen LogP contribution is -2.23. The molecule has 0 aliphatic rings. The molecule has 1 aromatic heterocycles. The van der Waals surface area contributed by atoms with Crippen molar-refractivity contribution in [1.29, 1.82) is 0 Å². The van der Waals surface area contributed by atoms with Crippen molar-refractivity contribution in [3.8, 4) is 0 Å². The second kappa shape index (κ2) is 8.53. The molecule has 0 bridgehead atoms. The van der Waals surface area contributed by atoms with Crippen LogP contribution in [0.3, 0.4) is 0 Å². The van der Waals surface area contributed by atoms with E-state index in [2.05, 4.69) is 5.32 Å². The Bertz CT molecular complexity index is 479. The summed E-state index contributed by atoms with van der Waals surface area (Å²) in [7, 11) is 0. The number of hydrogen-bond acceptors (Lipinski definition) is 3. The van der Waals surface area contributed by atoms with Gasteiger partial charge in [-0.15, -0.1) is 11.3 Å². The van der Waals surface area contributed by atoms with E-state index in [1.54, 1.807) is 17.4 Å². The Labute approximate surface area is 123 Å². The van der Waals surface area contributed by atoms with Gasteiger partial charge in [-0.3, -0.25) is 9.59 Å². The summed E-state index contributed by atoms with van der Waals surface area (Å²) in [5.74, 6) is -0.576. The normalized spacial score (nSPS) is 12.5. The number of carbonyl (C=O) groups is 2. The maximum Gasteiger partial charge on any atom is 0.303 e. The number of hydrogen-bond donors (Lipinski definition) is 2. The molecule has 1 aromatic rings. The van der Waals surface area contributed by atoms with Crippen molar-refractivity contribution < 1.29 is 14.7 Å². The third kappa shape index (κ3) is 6.52. The lowest BCUT2D eigenvalue weighted by Gasteiger charge is -2.09. The van der Waals surface area contributed by atoms with Gasteiger partial charge in [0, 0.05) is 23.9 Å². The Balaban J connectivity index is 2.22. The lowest BCUT2D eigenvalue weighted by molar-refractivity contribution is -0.137. The van der Waals surface area contributed by atoms with E-state index in [0.717, 1.165) is 11.3 Å². The van der Waals surface area contributed by atoms with Crippen LogP contribution in [0.2, 0.25) is 0 Å². The molecule has 5 heteroatoms. The lowest BCUT2D eigenvalue weighted by atomic mass is 10.0. The summed E-state index contributed by atoms with van der Waals surface area (Å²) >= 11 is 1.61. The summed E-state index contributed by atoms with van der Waals surface area (Å²) in [6, 6.07) is 2.02. The van der Waals surface area contributed by atoms with Gasteiger partial charge in [0.15, 0.2) is 0 Å². The van der Waals surface area contributed by atoms with Crippen molar-refractivity contribution >= 4 is 29.3 Å². The van der Waals surface area contributed by atoms with Crippen LogP contribution >= 0.6 is 11.3 Å². The molecule has 0 saturated carbocycles. The summed E-state index contributed by atoms with van der Waals surface area (Å²) in [5.41, 5.74) is 1.17. The molecule has 4 nitrogen and oxygen atoms in total. The number of rotatable bonds is 8. The van der Waals surface area contributed by atoms with Gasteiger partial charge in [0.1, 0.15) is 0 Å². The molecule has 1 unspecified atom stereocenters. The number of aryl methyl sites for hydroxylation is 1. The highest BCUT2D eigenvalue weighted by Crippen LogP contribution is 2.16. The van der Waals surface area contributed by atoms with Crippen LogP contribution in [0.5, 0.6) is 0 Å². The Kier molecular flexibility index (Phi) is 7.01. The average molecular weight is 295 g/mol. The molecule has 0 aliphatic carbocycles. The maximum absolute atomic E-state index is 11.6. The maximum atomic E-state index is 11.6. The molecule has 2 N–H and O–H groups in total. The van der Waals surface area contributed by atoms with E-state index in [-0.39, 0.29) is 12.3 Å². The van der Waals surface area contributed by atoms with E-state index in [9.17, 15) is 9.59 Å². The number of aliphatic carboxylic acids is 1. The van der Waals surface area contributed by atoms with Crippen molar-refractivity contribution in [2.24, 2.45) is 5.92 Å². The standard InChI is InChI=1S/C15H21NO3S/c1-11(3-6-15(18)19)7-9-16-14(17)5-4-13-12(2)8-10-20-13/h4-5,8,10-11H,3,6-7,9H2,1-2H3,(H,16,17)(H,18,19). The van der Waals surface area contributed by atoms with Crippen molar-refractivity contribution in [2.75, 3.05) is 6.54 Å². The zero-order valence-corrected chi connectivity index (χ0v) is 12.7. The van der Waals surface area contributed by atoms with E-state index >= 15 is 0 Å². The molecule has 0 radical (unpaired) electrons. The van der Waals surface area contributed by atoms with E-state index in [4.69, 9.17) is 5.11 Å². The highest BCUT2D eigenvalue weighted by molar-refractivity contribution is 7.11. The van der Waals surface area contributed by atoms with Gasteiger partial charge in [-0.25, -0.2) is 0 Å². The third-order valence-electron chi connectivity index (χ3n) is 3.08. The quantitative estimate of drug-likeness (QED) is 0.724. The van der Waals surface area contributed by atoms with Gasteiger partial charge < -0.3 is 10.4 Å². The fourth-order valence-electron chi connectivity index (χ4n) is 1.72. The largest absolute Gasteiger partial charge is 0.481 e. The predicted molar refractivity (Wildman–Crippen MR) is 81.8 cm³/mol. The van der Waals surface area contributed by atoms with Crippen molar-refractivity contribution in [1.82, 2.24) is 5.32 Å². The molecular weight excluding hydrogens is 274 g/mol. The van der Waals surface area contributed by atoms with Crippen molar-refractivity contribution in [3.63, 3.8) is 0 Å². The molecule has 1 atom stereocenters. The van der Waals surface area contributed by atoms with Gasteiger partial charge >= 0.3 is 5.97 Å². The first kappa shape index (κ1) is 16.4. The molecule has 0 aromatic carbocycles. The Hall–Kier alpha value is -1.62. The van der Waals surface area contributed by atoms with E-state index in [1.807, 2.05) is 31.4 Å². The van der Waals surface area contributed by atoms with Gasteiger partial charge in [0.2, 0.25) is 5.91 Å². The number of carboxylic acid groups (broad SMARTS) is 1. The van der Waals surface area contributed by atoms with Gasteiger partial charge in [-0.1, -0.05) is 6.92 Å². The van der Waals surface area contributed by atoms with E-state index in [0.29, 0.717) is 18.9 Å². The highest BCUT2D eigenvalue weighted by Gasteiger charge is 2.06. The summed E-state index contributed by atoms with van der Waals surface area (Å²) in [4.78, 5) is 23.1. The highest BCUT2D eigenvalue weighted by atomic mass is 32.1. The van der Waals surface area contributed by atoms with Crippen LogP contribution in [0.4, 0.5) is 0 Å². The molecule has 0 saturated heterocycles. The predicted octanol–water partition coefficient (Wildman–Crippen LogP) is 3.08. The van der Waals surface area contributed by atoms with E-state index in [1.165, 1.54) is 5.56 Å². The second-order valence-corrected chi connectivity index (χ2v) is 5.87.